The number of anilines is 1. The Morgan fingerprint density at radius 1 is 1.27 bits per heavy atom. The van der Waals surface area contributed by atoms with Gasteiger partial charge in [-0.05, 0) is 32.4 Å². The third-order valence-electron chi connectivity index (χ3n) is 3.61. The third-order valence-corrected chi connectivity index (χ3v) is 6.02. The number of rotatable bonds is 6. The molecule has 0 saturated carbocycles. The normalized spacial score (nSPS) is 22.4. The Morgan fingerprint density at radius 2 is 1.86 bits per heavy atom. The minimum absolute atomic E-state index is 0.122. The number of carbonyl (C=O) groups excluding carboxylic acids is 1. The summed E-state index contributed by atoms with van der Waals surface area (Å²) < 4.78 is 10.9. The van der Waals surface area contributed by atoms with Gasteiger partial charge in [0, 0.05) is 5.69 Å². The first kappa shape index (κ1) is 17.3. The maximum Gasteiger partial charge on any atom is 0.441 e. The number of para-hydroxylation sites is 1. The second-order valence-electron chi connectivity index (χ2n) is 5.13. The van der Waals surface area contributed by atoms with Crippen LogP contribution in [0.2, 0.25) is 0 Å². The molecule has 1 aromatic carbocycles. The fourth-order valence-electron chi connectivity index (χ4n) is 2.70. The smallest absolute Gasteiger partial charge is 0.383 e. The van der Waals surface area contributed by atoms with Gasteiger partial charge in [0.25, 0.3) is 5.78 Å². The second-order valence-corrected chi connectivity index (χ2v) is 7.26. The van der Waals surface area contributed by atoms with E-state index in [1.54, 1.807) is 18.7 Å². The Balaban J connectivity index is 2.44. The summed E-state index contributed by atoms with van der Waals surface area (Å²) in [7, 11) is -3.44. The quantitative estimate of drug-likeness (QED) is 0.777. The number of β-amino-alcohol motifs (C(OH)–C–C–N with tert-alkyl or cyclic N) is 1. The van der Waals surface area contributed by atoms with Gasteiger partial charge in [0.15, 0.2) is 0 Å². The van der Waals surface area contributed by atoms with Crippen molar-refractivity contribution in [1.29, 1.82) is 0 Å². The fraction of sp³-hybridized carbons (Fsp3) is 0.533. The molecule has 1 aliphatic rings. The molecule has 6 nitrogen and oxygen atoms in total. The molecule has 1 heterocycles. The summed E-state index contributed by atoms with van der Waals surface area (Å²) in [5, 5.41) is 9.99. The topological polar surface area (TPSA) is 79.2 Å². The van der Waals surface area contributed by atoms with E-state index in [2.05, 4.69) is 0 Å². The lowest BCUT2D eigenvalue weighted by Gasteiger charge is -2.29. The van der Waals surface area contributed by atoms with E-state index in [0.29, 0.717) is 0 Å². The minimum Gasteiger partial charge on any atom is -0.383 e. The van der Waals surface area contributed by atoms with Crippen LogP contribution in [0.1, 0.15) is 19.4 Å². The number of nitrogens with zero attached hydrogens (tertiary/aromatic N) is 1. The largest absolute Gasteiger partial charge is 0.441 e. The highest BCUT2D eigenvalue weighted by Gasteiger charge is 2.62. The Morgan fingerprint density at radius 3 is 2.41 bits per heavy atom. The molecule has 0 amide bonds. The van der Waals surface area contributed by atoms with Crippen LogP contribution in [0.15, 0.2) is 24.3 Å². The van der Waals surface area contributed by atoms with E-state index < -0.39 is 25.6 Å². The number of hydrogen-bond acceptors (Lipinski definition) is 6. The fourth-order valence-corrected chi connectivity index (χ4v) is 4.86. The first-order chi connectivity index (χ1) is 10.4. The SMILES string of the molecule is CCO[P+](O)(OCC)C1C(=O)C(O)CN1c1ccccc1C. The summed E-state index contributed by atoms with van der Waals surface area (Å²) in [4.78, 5) is 24.9. The van der Waals surface area contributed by atoms with Gasteiger partial charge < -0.3 is 10.0 Å². The molecular weight excluding hydrogens is 305 g/mol. The van der Waals surface area contributed by atoms with Crippen molar-refractivity contribution in [1.82, 2.24) is 0 Å². The molecule has 7 heteroatoms. The molecule has 122 valence electrons. The number of hydrogen-bond donors (Lipinski definition) is 2. The number of carbonyl (C=O) groups is 1. The van der Waals surface area contributed by atoms with Crippen molar-refractivity contribution >= 4 is 19.4 Å². The van der Waals surface area contributed by atoms with Crippen molar-refractivity contribution in [3.63, 3.8) is 0 Å². The van der Waals surface area contributed by atoms with Gasteiger partial charge in [0.2, 0.25) is 5.78 Å². The molecule has 2 N–H and O–H groups in total. The first-order valence-electron chi connectivity index (χ1n) is 7.39. The molecule has 1 aromatic rings. The van der Waals surface area contributed by atoms with Crippen molar-refractivity contribution in [3.8, 4) is 0 Å². The van der Waals surface area contributed by atoms with Crippen molar-refractivity contribution in [2.24, 2.45) is 0 Å². The van der Waals surface area contributed by atoms with Gasteiger partial charge in [-0.1, -0.05) is 18.2 Å². The van der Waals surface area contributed by atoms with Gasteiger partial charge in [-0.25, -0.2) is 0 Å². The van der Waals surface area contributed by atoms with E-state index in [0.717, 1.165) is 11.3 Å². The van der Waals surface area contributed by atoms with Crippen LogP contribution < -0.4 is 4.90 Å². The van der Waals surface area contributed by atoms with Crippen molar-refractivity contribution in [2.45, 2.75) is 32.7 Å². The van der Waals surface area contributed by atoms with E-state index in [1.807, 2.05) is 31.2 Å². The number of aryl methyl sites for hydroxylation is 1. The van der Waals surface area contributed by atoms with Crippen molar-refractivity contribution in [2.75, 3.05) is 24.7 Å². The molecule has 0 aromatic heterocycles. The molecular formula is C15H23NO5P+. The lowest BCUT2D eigenvalue weighted by Crippen LogP contribution is -2.37. The van der Waals surface area contributed by atoms with Gasteiger partial charge in [-0.3, -0.25) is 4.79 Å². The maximum atomic E-state index is 12.4. The molecule has 22 heavy (non-hydrogen) atoms. The van der Waals surface area contributed by atoms with Gasteiger partial charge >= 0.3 is 7.94 Å². The zero-order valence-electron chi connectivity index (χ0n) is 13.1. The van der Waals surface area contributed by atoms with Crippen LogP contribution in [0, 0.1) is 6.92 Å². The van der Waals surface area contributed by atoms with Gasteiger partial charge in [0.1, 0.15) is 6.10 Å². The summed E-state index contributed by atoms with van der Waals surface area (Å²) in [6, 6.07) is 7.53. The molecule has 2 unspecified atom stereocenters. The van der Waals surface area contributed by atoms with Crippen LogP contribution in [-0.2, 0) is 13.8 Å². The molecule has 0 bridgehead atoms. The maximum absolute atomic E-state index is 12.4. The molecule has 1 aliphatic heterocycles. The second kappa shape index (κ2) is 7.02. The van der Waals surface area contributed by atoms with Crippen molar-refractivity contribution < 1.29 is 23.8 Å². The van der Waals surface area contributed by atoms with Crippen LogP contribution in [0.3, 0.4) is 0 Å². The van der Waals surface area contributed by atoms with Gasteiger partial charge in [-0.15, -0.1) is 0 Å². The molecule has 1 fully saturated rings. The Kier molecular flexibility index (Phi) is 5.53. The average Bonchev–Trinajstić information content (AvgIpc) is 2.76. The number of aliphatic hydroxyl groups is 1. The summed E-state index contributed by atoms with van der Waals surface area (Å²) in [5.41, 5.74) is 1.74. The van der Waals surface area contributed by atoms with E-state index in [4.69, 9.17) is 9.05 Å². The Hall–Kier alpha value is -1.04. The highest BCUT2D eigenvalue weighted by Crippen LogP contribution is 2.64. The Labute approximate surface area is 131 Å². The number of Topliss-reactive ketones (excluding diaryl/α,β-unsaturated/α-hetero) is 1. The Bertz CT molecular complexity index is 532. The summed E-state index contributed by atoms with van der Waals surface area (Å²) in [6.07, 6.45) is -1.16. The van der Waals surface area contributed by atoms with Crippen LogP contribution in [0.5, 0.6) is 0 Å². The highest BCUT2D eigenvalue weighted by atomic mass is 31.2. The zero-order valence-corrected chi connectivity index (χ0v) is 14.0. The lowest BCUT2D eigenvalue weighted by molar-refractivity contribution is -0.124. The standard InChI is InChI=1S/C15H23NO5P/c1-4-20-22(19,21-5-2)15-14(18)13(17)10-16(15)12-9-7-6-8-11(12)3/h6-9,13,15,17,19H,4-5,10H2,1-3H3/q+1. The minimum atomic E-state index is -3.44. The van der Waals surface area contributed by atoms with Crippen LogP contribution >= 0.6 is 7.94 Å². The monoisotopic (exact) mass is 328 g/mol. The first-order valence-corrected chi connectivity index (χ1v) is 9.03. The molecule has 2 atom stereocenters. The molecule has 0 aliphatic carbocycles. The highest BCUT2D eigenvalue weighted by molar-refractivity contribution is 7.62. The van der Waals surface area contributed by atoms with Gasteiger partial charge in [0.05, 0.1) is 19.8 Å². The molecule has 2 rings (SSSR count). The number of aliphatic hydroxyl groups excluding tert-OH is 1. The zero-order chi connectivity index (χ0) is 16.3. The molecule has 1 saturated heterocycles. The van der Waals surface area contributed by atoms with E-state index >= 15 is 0 Å². The van der Waals surface area contributed by atoms with Crippen LogP contribution in [-0.4, -0.2) is 47.4 Å². The lowest BCUT2D eigenvalue weighted by atomic mass is 10.2. The van der Waals surface area contributed by atoms with E-state index in [9.17, 15) is 14.8 Å². The summed E-state index contributed by atoms with van der Waals surface area (Å²) in [6.45, 7) is 5.96. The third kappa shape index (κ3) is 3.16. The van der Waals surface area contributed by atoms with Crippen molar-refractivity contribution in [3.05, 3.63) is 29.8 Å². The van der Waals surface area contributed by atoms with Crippen LogP contribution in [0.25, 0.3) is 0 Å². The van der Waals surface area contributed by atoms with E-state index in [-0.39, 0.29) is 19.8 Å². The summed E-state index contributed by atoms with van der Waals surface area (Å²) >= 11 is 0. The van der Waals surface area contributed by atoms with Gasteiger partial charge in [-0.2, -0.15) is 13.9 Å². The number of benzene rings is 1. The predicted octanol–water partition coefficient (Wildman–Crippen LogP) is 1.90. The molecule has 0 radical (unpaired) electrons. The average molecular weight is 328 g/mol. The number of ketones is 1. The molecule has 0 spiro atoms. The van der Waals surface area contributed by atoms with Crippen LogP contribution in [0.4, 0.5) is 5.69 Å². The predicted molar refractivity (Wildman–Crippen MR) is 85.7 cm³/mol. The summed E-state index contributed by atoms with van der Waals surface area (Å²) in [5.74, 6) is -1.45. The van der Waals surface area contributed by atoms with E-state index in [1.165, 1.54) is 0 Å².